The molecule has 0 fully saturated rings. The molecule has 1 rings (SSSR count). The predicted molar refractivity (Wildman–Crippen MR) is 70.4 cm³/mol. The van der Waals surface area contributed by atoms with Gasteiger partial charge in [0.15, 0.2) is 5.92 Å². The van der Waals surface area contributed by atoms with Crippen molar-refractivity contribution in [3.05, 3.63) is 34.3 Å². The smallest absolute Gasteiger partial charge is 0.325 e. The molecule has 0 aliphatic rings. The zero-order chi connectivity index (χ0) is 13.7. The number of hydrogen-bond acceptors (Lipinski definition) is 3. The number of aliphatic carboxylic acids is 1. The average molecular weight is 315 g/mol. The summed E-state index contributed by atoms with van der Waals surface area (Å²) in [5.41, 5.74) is 0.416. The number of benzene rings is 1. The molecule has 1 aromatic rings. The highest BCUT2D eigenvalue weighted by atomic mass is 79.9. The number of carbonyl (C=O) groups is 2. The zero-order valence-electron chi connectivity index (χ0n) is 10.2. The van der Waals surface area contributed by atoms with Gasteiger partial charge in [-0.05, 0) is 31.0 Å². The van der Waals surface area contributed by atoms with Crippen molar-refractivity contribution in [1.29, 1.82) is 0 Å². The van der Waals surface area contributed by atoms with Crippen LogP contribution in [0.25, 0.3) is 0 Å². The first-order chi connectivity index (χ1) is 8.45. The fourth-order valence-electron chi connectivity index (χ4n) is 1.38. The molecule has 2 atom stereocenters. The molecular formula is C13H15BrO4. The Kier molecular flexibility index (Phi) is 5.34. The molecule has 0 radical (unpaired) electrons. The van der Waals surface area contributed by atoms with Gasteiger partial charge >= 0.3 is 11.9 Å². The highest BCUT2D eigenvalue weighted by Crippen LogP contribution is 2.21. The molecule has 0 aromatic heterocycles. The molecule has 0 aliphatic heterocycles. The second-order valence-corrected chi connectivity index (χ2v) is 4.89. The van der Waals surface area contributed by atoms with Gasteiger partial charge < -0.3 is 9.84 Å². The van der Waals surface area contributed by atoms with Crippen molar-refractivity contribution in [3.63, 3.8) is 0 Å². The van der Waals surface area contributed by atoms with Gasteiger partial charge in [-0.15, -0.1) is 0 Å². The quantitative estimate of drug-likeness (QED) is 0.670. The maximum atomic E-state index is 11.8. The third kappa shape index (κ3) is 3.84. The van der Waals surface area contributed by atoms with Crippen LogP contribution in [-0.4, -0.2) is 23.1 Å². The molecule has 1 aromatic carbocycles. The minimum Gasteiger partial charge on any atom is -0.480 e. The largest absolute Gasteiger partial charge is 0.480 e. The van der Waals surface area contributed by atoms with E-state index in [1.165, 1.54) is 0 Å². The van der Waals surface area contributed by atoms with Crippen LogP contribution in [0.2, 0.25) is 0 Å². The molecule has 1 N–H and O–H groups in total. The van der Waals surface area contributed by atoms with Crippen LogP contribution in [0.5, 0.6) is 0 Å². The summed E-state index contributed by atoms with van der Waals surface area (Å²) in [6.45, 7) is 3.60. The van der Waals surface area contributed by atoms with Gasteiger partial charge in [0.1, 0.15) is 0 Å². The lowest BCUT2D eigenvalue weighted by molar-refractivity contribution is -0.157. The van der Waals surface area contributed by atoms with Crippen LogP contribution in [0.3, 0.4) is 0 Å². The lowest BCUT2D eigenvalue weighted by Crippen LogP contribution is -2.26. The molecule has 2 unspecified atom stereocenters. The maximum Gasteiger partial charge on any atom is 0.325 e. The van der Waals surface area contributed by atoms with Crippen molar-refractivity contribution >= 4 is 27.9 Å². The fraction of sp³-hybridized carbons (Fsp3) is 0.385. The number of carboxylic acid groups (broad SMARTS) is 1. The van der Waals surface area contributed by atoms with Gasteiger partial charge in [-0.1, -0.05) is 35.0 Å². The van der Waals surface area contributed by atoms with Crippen LogP contribution in [0.1, 0.15) is 31.7 Å². The van der Waals surface area contributed by atoms with E-state index < -0.39 is 17.9 Å². The lowest BCUT2D eigenvalue weighted by Gasteiger charge is -2.16. The summed E-state index contributed by atoms with van der Waals surface area (Å²) in [5.74, 6) is -3.20. The normalized spacial score (nSPS) is 13.7. The summed E-state index contributed by atoms with van der Waals surface area (Å²) in [6, 6.07) is 6.59. The third-order valence-corrected chi connectivity index (χ3v) is 3.11. The van der Waals surface area contributed by atoms with Crippen LogP contribution in [-0.2, 0) is 14.3 Å². The van der Waals surface area contributed by atoms with Crippen LogP contribution < -0.4 is 0 Å². The number of halogens is 1. The Morgan fingerprint density at radius 2 is 1.89 bits per heavy atom. The number of hydrogen-bond donors (Lipinski definition) is 1. The number of rotatable bonds is 5. The summed E-state index contributed by atoms with van der Waals surface area (Å²) in [7, 11) is 0. The van der Waals surface area contributed by atoms with E-state index in [0.717, 1.165) is 4.47 Å². The Morgan fingerprint density at radius 1 is 1.33 bits per heavy atom. The first-order valence-corrected chi connectivity index (χ1v) is 6.43. The van der Waals surface area contributed by atoms with Crippen molar-refractivity contribution in [2.75, 3.05) is 0 Å². The minimum absolute atomic E-state index is 0.283. The molecule has 98 valence electrons. The zero-order valence-corrected chi connectivity index (χ0v) is 11.8. The second kappa shape index (κ2) is 6.54. The van der Waals surface area contributed by atoms with Gasteiger partial charge in [0.2, 0.25) is 0 Å². The molecular weight excluding hydrogens is 300 g/mol. The van der Waals surface area contributed by atoms with E-state index >= 15 is 0 Å². The highest BCUT2D eigenvalue weighted by molar-refractivity contribution is 9.10. The van der Waals surface area contributed by atoms with Crippen molar-refractivity contribution in [2.45, 2.75) is 32.3 Å². The van der Waals surface area contributed by atoms with E-state index in [2.05, 4.69) is 15.9 Å². The molecule has 0 heterocycles. The monoisotopic (exact) mass is 314 g/mol. The minimum atomic E-state index is -1.27. The molecule has 0 amide bonds. The van der Waals surface area contributed by atoms with Crippen LogP contribution in [0.15, 0.2) is 28.7 Å². The first kappa shape index (κ1) is 14.7. The van der Waals surface area contributed by atoms with E-state index in [-0.39, 0.29) is 6.10 Å². The fourth-order valence-corrected chi connectivity index (χ4v) is 1.65. The number of carboxylic acids is 1. The Balaban J connectivity index is 2.92. The first-order valence-electron chi connectivity index (χ1n) is 5.64. The third-order valence-electron chi connectivity index (χ3n) is 2.58. The molecule has 4 nitrogen and oxygen atoms in total. The van der Waals surface area contributed by atoms with E-state index in [1.54, 1.807) is 31.2 Å². The van der Waals surface area contributed by atoms with Gasteiger partial charge in [0.05, 0.1) is 6.10 Å². The van der Waals surface area contributed by atoms with Crippen molar-refractivity contribution in [1.82, 2.24) is 0 Å². The van der Waals surface area contributed by atoms with Crippen LogP contribution in [0.4, 0.5) is 0 Å². The summed E-state index contributed by atoms with van der Waals surface area (Å²) in [4.78, 5) is 23.0. The van der Waals surface area contributed by atoms with Gasteiger partial charge in [-0.2, -0.15) is 0 Å². The van der Waals surface area contributed by atoms with Crippen molar-refractivity contribution < 1.29 is 19.4 Å². The molecule has 18 heavy (non-hydrogen) atoms. The number of carbonyl (C=O) groups excluding carboxylic acids is 1. The van der Waals surface area contributed by atoms with E-state index in [1.807, 2.05) is 6.92 Å². The molecule has 0 bridgehead atoms. The van der Waals surface area contributed by atoms with Crippen molar-refractivity contribution in [3.8, 4) is 0 Å². The summed E-state index contributed by atoms with van der Waals surface area (Å²) >= 11 is 3.26. The topological polar surface area (TPSA) is 63.6 Å². The average Bonchev–Trinajstić information content (AvgIpc) is 2.31. The molecule has 0 saturated heterocycles. The maximum absolute atomic E-state index is 11.8. The summed E-state index contributed by atoms with van der Waals surface area (Å²) < 4.78 is 5.90. The molecule has 0 aliphatic carbocycles. The molecule has 0 spiro atoms. The predicted octanol–water partition coefficient (Wildman–Crippen LogP) is 2.96. The van der Waals surface area contributed by atoms with Gasteiger partial charge in [-0.25, -0.2) is 0 Å². The lowest BCUT2D eigenvalue weighted by atomic mass is 9.99. The van der Waals surface area contributed by atoms with Crippen LogP contribution >= 0.6 is 15.9 Å². The molecule has 5 heteroatoms. The highest BCUT2D eigenvalue weighted by Gasteiger charge is 2.30. The molecule has 0 saturated carbocycles. The van der Waals surface area contributed by atoms with Gasteiger partial charge in [0, 0.05) is 4.47 Å². The van der Waals surface area contributed by atoms with Crippen molar-refractivity contribution in [2.24, 2.45) is 0 Å². The Morgan fingerprint density at radius 3 is 2.33 bits per heavy atom. The van der Waals surface area contributed by atoms with E-state index in [4.69, 9.17) is 9.84 Å². The van der Waals surface area contributed by atoms with Crippen LogP contribution in [0, 0.1) is 0 Å². The SMILES string of the molecule is CCC(C)OC(=O)C(C(=O)O)c1ccc(Br)cc1. The number of ether oxygens (including phenoxy) is 1. The Labute approximate surface area is 114 Å². The van der Waals surface area contributed by atoms with E-state index in [0.29, 0.717) is 12.0 Å². The van der Waals surface area contributed by atoms with Gasteiger partial charge in [-0.3, -0.25) is 9.59 Å². The standard InChI is InChI=1S/C13H15BrO4/c1-3-8(2)18-13(17)11(12(15)16)9-4-6-10(14)7-5-9/h4-8,11H,3H2,1-2H3,(H,15,16). The van der Waals surface area contributed by atoms with E-state index in [9.17, 15) is 9.59 Å². The Hall–Kier alpha value is -1.36. The van der Waals surface area contributed by atoms with Gasteiger partial charge in [0.25, 0.3) is 0 Å². The Bertz CT molecular complexity index is 427. The number of esters is 1. The second-order valence-electron chi connectivity index (χ2n) is 3.98. The summed E-state index contributed by atoms with van der Waals surface area (Å²) in [6.07, 6.45) is 0.369. The summed E-state index contributed by atoms with van der Waals surface area (Å²) in [5, 5.41) is 9.14.